The average Bonchev–Trinajstić information content (AvgIpc) is 2.28. The Kier molecular flexibility index (Phi) is 8.28. The van der Waals surface area contributed by atoms with Crippen LogP contribution in [0.5, 0.6) is 0 Å². The van der Waals surface area contributed by atoms with Crippen LogP contribution in [0.3, 0.4) is 0 Å². The second kappa shape index (κ2) is 8.58. The van der Waals surface area contributed by atoms with Gasteiger partial charge in [0.05, 0.1) is 0 Å². The summed E-state index contributed by atoms with van der Waals surface area (Å²) in [6.45, 7) is 12.2. The molecule has 1 atom stereocenters. The van der Waals surface area contributed by atoms with Crippen LogP contribution in [-0.4, -0.2) is 6.04 Å². The van der Waals surface area contributed by atoms with Gasteiger partial charge in [0.25, 0.3) is 0 Å². The zero-order valence-corrected chi connectivity index (χ0v) is 11.2. The second-order valence-electron chi connectivity index (χ2n) is 4.82. The van der Waals surface area contributed by atoms with Crippen molar-refractivity contribution >= 4 is 0 Å². The van der Waals surface area contributed by atoms with Gasteiger partial charge in [0, 0.05) is 6.04 Å². The van der Waals surface area contributed by atoms with E-state index >= 15 is 0 Å². The molecule has 1 heteroatoms. The van der Waals surface area contributed by atoms with Crippen LogP contribution in [0.2, 0.25) is 0 Å². The van der Waals surface area contributed by atoms with Crippen LogP contribution >= 0.6 is 0 Å². The largest absolute Gasteiger partial charge is 0.327 e. The number of allylic oxidation sites excluding steroid dienone is 2. The van der Waals surface area contributed by atoms with E-state index in [4.69, 9.17) is 5.73 Å². The SMILES string of the molecule is C=CCC(CC=C)(CCCCC)C(N)CC. The van der Waals surface area contributed by atoms with E-state index in [1.807, 2.05) is 12.2 Å². The van der Waals surface area contributed by atoms with Gasteiger partial charge < -0.3 is 5.73 Å². The van der Waals surface area contributed by atoms with Gasteiger partial charge in [0.2, 0.25) is 0 Å². The maximum atomic E-state index is 6.31. The molecule has 16 heavy (non-hydrogen) atoms. The molecule has 0 heterocycles. The molecule has 0 aromatic heterocycles. The van der Waals surface area contributed by atoms with E-state index in [9.17, 15) is 0 Å². The van der Waals surface area contributed by atoms with E-state index in [-0.39, 0.29) is 11.5 Å². The van der Waals surface area contributed by atoms with Crippen LogP contribution in [0.25, 0.3) is 0 Å². The predicted molar refractivity (Wildman–Crippen MR) is 74.5 cm³/mol. The van der Waals surface area contributed by atoms with E-state index in [2.05, 4.69) is 27.0 Å². The molecular weight excluding hydrogens is 194 g/mol. The Morgan fingerprint density at radius 3 is 2.06 bits per heavy atom. The molecule has 0 fully saturated rings. The van der Waals surface area contributed by atoms with E-state index in [1.165, 1.54) is 25.7 Å². The lowest BCUT2D eigenvalue weighted by Gasteiger charge is -2.37. The maximum absolute atomic E-state index is 6.31. The number of rotatable bonds is 10. The van der Waals surface area contributed by atoms with Gasteiger partial charge in [-0.2, -0.15) is 0 Å². The number of hydrogen-bond acceptors (Lipinski definition) is 1. The van der Waals surface area contributed by atoms with E-state index in [1.54, 1.807) is 0 Å². The molecule has 0 aromatic carbocycles. The van der Waals surface area contributed by atoms with Crippen LogP contribution in [-0.2, 0) is 0 Å². The van der Waals surface area contributed by atoms with Gasteiger partial charge in [-0.1, -0.05) is 45.3 Å². The summed E-state index contributed by atoms with van der Waals surface area (Å²) in [6, 6.07) is 0.264. The molecule has 0 amide bonds. The van der Waals surface area contributed by atoms with Gasteiger partial charge in [-0.25, -0.2) is 0 Å². The molecule has 94 valence electrons. The minimum atomic E-state index is 0.202. The molecule has 0 rings (SSSR count). The predicted octanol–water partition coefficient (Wildman–Crippen LogP) is 4.44. The molecule has 2 N–H and O–H groups in total. The first-order valence-electron chi connectivity index (χ1n) is 6.64. The van der Waals surface area contributed by atoms with Crippen molar-refractivity contribution in [3.63, 3.8) is 0 Å². The van der Waals surface area contributed by atoms with Crippen LogP contribution < -0.4 is 5.73 Å². The third-order valence-corrected chi connectivity index (χ3v) is 3.61. The highest BCUT2D eigenvalue weighted by molar-refractivity contribution is 4.97. The van der Waals surface area contributed by atoms with Crippen LogP contribution in [0.1, 0.15) is 58.8 Å². The van der Waals surface area contributed by atoms with Gasteiger partial charge in [-0.3, -0.25) is 0 Å². The summed E-state index contributed by atoms with van der Waals surface area (Å²) in [5.41, 5.74) is 6.51. The van der Waals surface area contributed by atoms with E-state index < -0.39 is 0 Å². The highest BCUT2D eigenvalue weighted by Gasteiger charge is 2.32. The van der Waals surface area contributed by atoms with Crippen molar-refractivity contribution in [1.29, 1.82) is 0 Å². The Morgan fingerprint density at radius 1 is 1.12 bits per heavy atom. The summed E-state index contributed by atoms with van der Waals surface area (Å²) in [6.07, 6.45) is 12.1. The summed E-state index contributed by atoms with van der Waals surface area (Å²) in [7, 11) is 0. The van der Waals surface area contributed by atoms with Crippen molar-refractivity contribution in [3.8, 4) is 0 Å². The monoisotopic (exact) mass is 223 g/mol. The molecule has 0 aromatic rings. The van der Waals surface area contributed by atoms with Gasteiger partial charge in [0.15, 0.2) is 0 Å². The Labute approximate surface area is 102 Å². The molecule has 0 radical (unpaired) electrons. The quantitative estimate of drug-likeness (QED) is 0.430. The number of nitrogens with two attached hydrogens (primary N) is 1. The maximum Gasteiger partial charge on any atom is 0.00988 e. The van der Waals surface area contributed by atoms with Crippen molar-refractivity contribution in [2.24, 2.45) is 11.1 Å². The molecule has 0 aliphatic rings. The summed E-state index contributed by atoms with van der Waals surface area (Å²) in [5, 5.41) is 0. The molecule has 1 nitrogen and oxygen atoms in total. The van der Waals surface area contributed by atoms with Crippen molar-refractivity contribution in [2.45, 2.75) is 64.8 Å². The lowest BCUT2D eigenvalue weighted by molar-refractivity contribution is 0.196. The third kappa shape index (κ3) is 4.52. The number of unbranched alkanes of at least 4 members (excludes halogenated alkanes) is 2. The Hall–Kier alpha value is -0.560. The molecular formula is C15H29N. The van der Waals surface area contributed by atoms with Crippen LogP contribution in [0.4, 0.5) is 0 Å². The fourth-order valence-corrected chi connectivity index (χ4v) is 2.51. The zero-order chi connectivity index (χ0) is 12.4. The topological polar surface area (TPSA) is 26.0 Å². The molecule has 0 spiro atoms. The highest BCUT2D eigenvalue weighted by Crippen LogP contribution is 2.38. The smallest absolute Gasteiger partial charge is 0.00988 e. The van der Waals surface area contributed by atoms with Crippen molar-refractivity contribution in [3.05, 3.63) is 25.3 Å². The van der Waals surface area contributed by atoms with E-state index in [0.717, 1.165) is 19.3 Å². The van der Waals surface area contributed by atoms with E-state index in [0.29, 0.717) is 0 Å². The Balaban J connectivity index is 4.62. The lowest BCUT2D eigenvalue weighted by atomic mass is 9.70. The summed E-state index contributed by atoms with van der Waals surface area (Å²) >= 11 is 0. The molecule has 0 aliphatic carbocycles. The Morgan fingerprint density at radius 2 is 1.69 bits per heavy atom. The fraction of sp³-hybridized carbons (Fsp3) is 0.733. The fourth-order valence-electron chi connectivity index (χ4n) is 2.51. The van der Waals surface area contributed by atoms with Gasteiger partial charge in [-0.05, 0) is 31.1 Å². The highest BCUT2D eigenvalue weighted by atomic mass is 14.7. The first kappa shape index (κ1) is 15.4. The average molecular weight is 223 g/mol. The van der Waals surface area contributed by atoms with Crippen molar-refractivity contribution in [1.82, 2.24) is 0 Å². The summed E-state index contributed by atoms with van der Waals surface area (Å²) < 4.78 is 0. The molecule has 0 saturated carbocycles. The molecule has 0 bridgehead atoms. The first-order chi connectivity index (χ1) is 7.66. The molecule has 0 saturated heterocycles. The lowest BCUT2D eigenvalue weighted by Crippen LogP contribution is -2.41. The Bertz CT molecular complexity index is 186. The van der Waals surface area contributed by atoms with Gasteiger partial charge in [-0.15, -0.1) is 13.2 Å². The minimum absolute atomic E-state index is 0.202. The van der Waals surface area contributed by atoms with Gasteiger partial charge in [0.1, 0.15) is 0 Å². The second-order valence-corrected chi connectivity index (χ2v) is 4.82. The minimum Gasteiger partial charge on any atom is -0.327 e. The van der Waals surface area contributed by atoms with Crippen molar-refractivity contribution < 1.29 is 0 Å². The summed E-state index contributed by atoms with van der Waals surface area (Å²) in [5.74, 6) is 0. The normalized spacial score (nSPS) is 13.4. The van der Waals surface area contributed by atoms with Crippen LogP contribution in [0.15, 0.2) is 25.3 Å². The number of hydrogen-bond donors (Lipinski definition) is 1. The molecule has 0 aliphatic heterocycles. The van der Waals surface area contributed by atoms with Crippen LogP contribution in [0, 0.1) is 5.41 Å². The summed E-state index contributed by atoms with van der Waals surface area (Å²) in [4.78, 5) is 0. The zero-order valence-electron chi connectivity index (χ0n) is 11.2. The first-order valence-corrected chi connectivity index (χ1v) is 6.64. The van der Waals surface area contributed by atoms with Crippen molar-refractivity contribution in [2.75, 3.05) is 0 Å². The standard InChI is InChI=1S/C15H29N/c1-5-9-10-13-15(11-6-2,12-7-3)14(16)8-4/h6-7,14H,2-3,5,8-13,16H2,1,4H3. The molecule has 1 unspecified atom stereocenters. The van der Waals surface area contributed by atoms with Gasteiger partial charge >= 0.3 is 0 Å². The third-order valence-electron chi connectivity index (χ3n) is 3.61.